The molecule has 2 N–H and O–H groups in total. The zero-order chi connectivity index (χ0) is 9.14. The van der Waals surface area contributed by atoms with Crippen molar-refractivity contribution in [2.24, 2.45) is 5.73 Å². The molecule has 1 rings (SSSR count). The lowest BCUT2D eigenvalue weighted by Gasteiger charge is -2.12. The average Bonchev–Trinajstić information content (AvgIpc) is 2.04. The van der Waals surface area contributed by atoms with E-state index in [0.717, 1.165) is 4.31 Å². The Hall–Kier alpha value is -1.30. The highest BCUT2D eigenvalue weighted by molar-refractivity contribution is 7.82. The largest absolute Gasteiger partial charge is 0.350 e. The third-order valence-corrected chi connectivity index (χ3v) is 1.74. The zero-order valence-corrected chi connectivity index (χ0v) is 7.32. The molecular weight excluding hydrogens is 176 g/mol. The van der Waals surface area contributed by atoms with Gasteiger partial charge in [-0.15, -0.1) is 0 Å². The fraction of sp³-hybridized carbons (Fsp3) is 0.167. The summed E-state index contributed by atoms with van der Waals surface area (Å²) in [6.07, 6.45) is 2.86. The van der Waals surface area contributed by atoms with Crippen LogP contribution in [0.25, 0.3) is 0 Å². The molecule has 1 aromatic heterocycles. The molecule has 0 spiro atoms. The van der Waals surface area contributed by atoms with E-state index in [1.807, 2.05) is 0 Å². The molecule has 64 valence electrons. The number of thiol groups is 1. The van der Waals surface area contributed by atoms with Gasteiger partial charge in [-0.05, 0) is 6.92 Å². The first-order valence-electron chi connectivity index (χ1n) is 3.18. The van der Waals surface area contributed by atoms with Gasteiger partial charge in [0.25, 0.3) is 0 Å². The Labute approximate surface area is 75.2 Å². The lowest BCUT2D eigenvalue weighted by Crippen LogP contribution is -2.28. The Morgan fingerprint density at radius 2 is 2.42 bits per heavy atom. The van der Waals surface area contributed by atoms with Crippen LogP contribution in [0.3, 0.4) is 0 Å². The van der Waals surface area contributed by atoms with E-state index < -0.39 is 6.03 Å². The van der Waals surface area contributed by atoms with Gasteiger partial charge in [-0.2, -0.15) is 0 Å². The quantitative estimate of drug-likeness (QED) is 0.625. The van der Waals surface area contributed by atoms with Gasteiger partial charge in [-0.3, -0.25) is 0 Å². The highest BCUT2D eigenvalue weighted by Crippen LogP contribution is 2.16. The summed E-state index contributed by atoms with van der Waals surface area (Å²) in [7, 11) is 0. The van der Waals surface area contributed by atoms with Crippen LogP contribution >= 0.6 is 12.8 Å². The summed E-state index contributed by atoms with van der Waals surface area (Å²) < 4.78 is 0.995. The summed E-state index contributed by atoms with van der Waals surface area (Å²) in [5.74, 6) is 0. The van der Waals surface area contributed by atoms with Gasteiger partial charge >= 0.3 is 6.03 Å². The standard InChI is InChI=1S/C6H8N4OS/c1-4-5(2-8-3-9-4)10(12)6(7)11/h2-3,12H,1H3,(H2,7,11). The Kier molecular flexibility index (Phi) is 2.49. The number of nitrogens with two attached hydrogens (primary N) is 1. The van der Waals surface area contributed by atoms with Gasteiger partial charge in [0.2, 0.25) is 0 Å². The van der Waals surface area contributed by atoms with Gasteiger partial charge in [0, 0.05) is 0 Å². The van der Waals surface area contributed by atoms with Crippen molar-refractivity contribution in [1.29, 1.82) is 0 Å². The van der Waals surface area contributed by atoms with E-state index in [0.29, 0.717) is 11.4 Å². The molecule has 5 nitrogen and oxygen atoms in total. The van der Waals surface area contributed by atoms with E-state index in [4.69, 9.17) is 5.73 Å². The van der Waals surface area contributed by atoms with Gasteiger partial charge < -0.3 is 5.73 Å². The summed E-state index contributed by atoms with van der Waals surface area (Å²) >= 11 is 3.86. The van der Waals surface area contributed by atoms with Crippen LogP contribution < -0.4 is 10.0 Å². The summed E-state index contributed by atoms with van der Waals surface area (Å²) in [6, 6.07) is -0.656. The normalized spacial score (nSPS) is 9.50. The number of amides is 2. The molecule has 0 saturated carbocycles. The van der Waals surface area contributed by atoms with Crippen molar-refractivity contribution in [3.8, 4) is 0 Å². The van der Waals surface area contributed by atoms with Crippen molar-refractivity contribution in [3.63, 3.8) is 0 Å². The highest BCUT2D eigenvalue weighted by Gasteiger charge is 2.10. The van der Waals surface area contributed by atoms with E-state index in [1.165, 1.54) is 12.5 Å². The molecule has 0 aliphatic carbocycles. The monoisotopic (exact) mass is 184 g/mol. The molecule has 0 radical (unpaired) electrons. The first-order valence-corrected chi connectivity index (χ1v) is 3.58. The van der Waals surface area contributed by atoms with E-state index in [2.05, 4.69) is 22.8 Å². The molecule has 0 unspecified atom stereocenters. The topological polar surface area (TPSA) is 72.1 Å². The smallest absolute Gasteiger partial charge is 0.329 e. The first-order chi connectivity index (χ1) is 5.63. The van der Waals surface area contributed by atoms with Crippen molar-refractivity contribution in [1.82, 2.24) is 9.97 Å². The number of anilines is 1. The van der Waals surface area contributed by atoms with Crippen LogP contribution in [-0.2, 0) is 0 Å². The Balaban J connectivity index is 3.02. The second-order valence-corrected chi connectivity index (χ2v) is 2.54. The molecule has 1 heterocycles. The fourth-order valence-corrected chi connectivity index (χ4v) is 0.906. The van der Waals surface area contributed by atoms with Crippen molar-refractivity contribution in [2.45, 2.75) is 6.92 Å². The number of hydrogen-bond acceptors (Lipinski definition) is 4. The van der Waals surface area contributed by atoms with Gasteiger partial charge in [-0.25, -0.2) is 19.1 Å². The lowest BCUT2D eigenvalue weighted by atomic mass is 10.4. The SMILES string of the molecule is Cc1ncncc1N(S)C(N)=O. The van der Waals surface area contributed by atoms with E-state index in [-0.39, 0.29) is 0 Å². The first kappa shape index (κ1) is 8.79. The summed E-state index contributed by atoms with van der Waals surface area (Å²) in [5, 5.41) is 0. The number of rotatable bonds is 1. The second-order valence-electron chi connectivity index (χ2n) is 2.14. The lowest BCUT2D eigenvalue weighted by molar-refractivity contribution is 0.257. The summed E-state index contributed by atoms with van der Waals surface area (Å²) in [5.41, 5.74) is 6.14. The molecule has 6 heteroatoms. The van der Waals surface area contributed by atoms with Crippen molar-refractivity contribution in [3.05, 3.63) is 18.2 Å². The average molecular weight is 184 g/mol. The number of hydrogen-bond donors (Lipinski definition) is 2. The van der Waals surface area contributed by atoms with Crippen LogP contribution in [0.1, 0.15) is 5.69 Å². The minimum Gasteiger partial charge on any atom is -0.350 e. The van der Waals surface area contributed by atoms with Crippen molar-refractivity contribution >= 4 is 24.5 Å². The molecule has 0 atom stereocenters. The van der Waals surface area contributed by atoms with Gasteiger partial charge in [-0.1, -0.05) is 12.8 Å². The fourth-order valence-electron chi connectivity index (χ4n) is 0.710. The third kappa shape index (κ3) is 1.65. The highest BCUT2D eigenvalue weighted by atomic mass is 32.1. The van der Waals surface area contributed by atoms with Gasteiger partial charge in [0.05, 0.1) is 17.6 Å². The summed E-state index contributed by atoms with van der Waals surface area (Å²) in [6.45, 7) is 1.74. The zero-order valence-electron chi connectivity index (χ0n) is 6.43. The molecule has 0 aliphatic heterocycles. The predicted molar refractivity (Wildman–Crippen MR) is 47.8 cm³/mol. The second kappa shape index (κ2) is 3.40. The van der Waals surface area contributed by atoms with Crippen molar-refractivity contribution < 1.29 is 4.79 Å². The number of carbonyl (C=O) groups is 1. The number of nitrogens with zero attached hydrogens (tertiary/aromatic N) is 3. The minimum absolute atomic E-state index is 0.494. The maximum atomic E-state index is 10.7. The number of primary amides is 1. The number of aromatic nitrogens is 2. The molecule has 0 bridgehead atoms. The minimum atomic E-state index is -0.656. The van der Waals surface area contributed by atoms with Crippen LogP contribution in [0.4, 0.5) is 10.5 Å². The molecular formula is C6H8N4OS. The molecule has 0 saturated heterocycles. The predicted octanol–water partition coefficient (Wildman–Crippen LogP) is 0.515. The number of urea groups is 1. The van der Waals surface area contributed by atoms with Crippen molar-refractivity contribution in [2.75, 3.05) is 4.31 Å². The van der Waals surface area contributed by atoms with Crippen LogP contribution in [0, 0.1) is 6.92 Å². The molecule has 12 heavy (non-hydrogen) atoms. The van der Waals surface area contributed by atoms with E-state index in [9.17, 15) is 4.79 Å². The maximum Gasteiger partial charge on any atom is 0.329 e. The van der Waals surface area contributed by atoms with Gasteiger partial charge in [0.1, 0.15) is 6.33 Å². The molecule has 0 aliphatic rings. The van der Waals surface area contributed by atoms with Crippen LogP contribution in [0.2, 0.25) is 0 Å². The van der Waals surface area contributed by atoms with Crippen LogP contribution in [-0.4, -0.2) is 16.0 Å². The van der Waals surface area contributed by atoms with E-state index in [1.54, 1.807) is 6.92 Å². The number of aryl methyl sites for hydroxylation is 1. The Morgan fingerprint density at radius 1 is 1.75 bits per heavy atom. The molecule has 2 amide bonds. The maximum absolute atomic E-state index is 10.7. The van der Waals surface area contributed by atoms with Crippen LogP contribution in [0.5, 0.6) is 0 Å². The van der Waals surface area contributed by atoms with Crippen LogP contribution in [0.15, 0.2) is 12.5 Å². The van der Waals surface area contributed by atoms with E-state index >= 15 is 0 Å². The molecule has 1 aromatic rings. The number of carbonyl (C=O) groups excluding carboxylic acids is 1. The third-order valence-electron chi connectivity index (χ3n) is 1.32. The van der Waals surface area contributed by atoms with Gasteiger partial charge in [0.15, 0.2) is 0 Å². The molecule has 0 fully saturated rings. The molecule has 0 aromatic carbocycles. The summed E-state index contributed by atoms with van der Waals surface area (Å²) in [4.78, 5) is 18.3. The Morgan fingerprint density at radius 3 is 2.92 bits per heavy atom. The Bertz CT molecular complexity index is 303.